The van der Waals surface area contributed by atoms with Crippen LogP contribution in [0.3, 0.4) is 0 Å². The van der Waals surface area contributed by atoms with Crippen LogP contribution in [0.25, 0.3) is 22.0 Å². The molecule has 5 rings (SSSR count). The van der Waals surface area contributed by atoms with Gasteiger partial charge in [0.05, 0.1) is 12.7 Å². The number of amidine groups is 1. The average Bonchev–Trinajstić information content (AvgIpc) is 3.43. The molecule has 8 heteroatoms. The number of benzene rings is 4. The number of methoxy groups -OCH3 is 1. The van der Waals surface area contributed by atoms with Crippen molar-refractivity contribution in [3.8, 4) is 16.9 Å². The number of aromatic amines is 1. The first kappa shape index (κ1) is 28.2. The number of nitrogens with one attached hydrogen (secondary N) is 3. The second kappa shape index (κ2) is 12.0. The largest absolute Gasteiger partial charge is 0.497 e. The van der Waals surface area contributed by atoms with Gasteiger partial charge in [0.15, 0.2) is 0 Å². The maximum absolute atomic E-state index is 13.3. The number of carbonyl (C=O) groups is 2. The van der Waals surface area contributed by atoms with Crippen molar-refractivity contribution in [2.75, 3.05) is 7.11 Å². The Morgan fingerprint density at radius 2 is 1.71 bits per heavy atom. The first-order valence-electron chi connectivity index (χ1n) is 13.6. The van der Waals surface area contributed by atoms with E-state index in [1.165, 1.54) is 13.2 Å². The molecule has 0 saturated heterocycles. The monoisotopic (exact) mass is 560 g/mol. The number of amides is 1. The number of aromatic nitrogens is 1. The molecule has 0 saturated carbocycles. The molecule has 42 heavy (non-hydrogen) atoms. The van der Waals surface area contributed by atoms with Gasteiger partial charge in [-0.25, -0.2) is 4.79 Å². The molecule has 0 fully saturated rings. The van der Waals surface area contributed by atoms with Crippen LogP contribution in [-0.2, 0) is 6.54 Å². The molecule has 1 amide bonds. The van der Waals surface area contributed by atoms with E-state index in [-0.39, 0.29) is 23.2 Å². The molecule has 1 heterocycles. The fraction of sp³-hybridized carbons (Fsp3) is 0.147. The van der Waals surface area contributed by atoms with Crippen molar-refractivity contribution in [1.29, 1.82) is 5.41 Å². The highest BCUT2D eigenvalue weighted by Gasteiger charge is 2.24. The summed E-state index contributed by atoms with van der Waals surface area (Å²) in [6, 6.07) is 25.7. The number of hydrogen-bond acceptors (Lipinski definition) is 4. The van der Waals surface area contributed by atoms with Gasteiger partial charge in [0.2, 0.25) is 0 Å². The van der Waals surface area contributed by atoms with Crippen molar-refractivity contribution in [3.05, 3.63) is 125 Å². The molecule has 0 aliphatic carbocycles. The lowest BCUT2D eigenvalue weighted by atomic mass is 9.82. The van der Waals surface area contributed by atoms with Crippen LogP contribution in [0.1, 0.15) is 62.2 Å². The molecule has 1 unspecified atom stereocenters. The summed E-state index contributed by atoms with van der Waals surface area (Å²) in [7, 11) is 1.49. The summed E-state index contributed by atoms with van der Waals surface area (Å²) >= 11 is 0. The van der Waals surface area contributed by atoms with E-state index in [9.17, 15) is 14.7 Å². The second-order valence-corrected chi connectivity index (χ2v) is 10.1. The molecule has 8 nitrogen and oxygen atoms in total. The zero-order chi connectivity index (χ0) is 29.8. The van der Waals surface area contributed by atoms with Crippen LogP contribution < -0.4 is 15.8 Å². The zero-order valence-corrected chi connectivity index (χ0v) is 23.4. The number of nitrogen functional groups attached to an aromatic ring is 1. The highest BCUT2D eigenvalue weighted by atomic mass is 16.5. The molecular weight excluding hydrogens is 528 g/mol. The molecule has 0 aliphatic heterocycles. The zero-order valence-electron chi connectivity index (χ0n) is 23.4. The van der Waals surface area contributed by atoms with Gasteiger partial charge < -0.3 is 25.9 Å². The number of aromatic carboxylic acids is 1. The molecule has 4 aromatic carbocycles. The topological polar surface area (TPSA) is 141 Å². The summed E-state index contributed by atoms with van der Waals surface area (Å²) in [5.41, 5.74) is 11.7. The van der Waals surface area contributed by atoms with Crippen molar-refractivity contribution in [2.24, 2.45) is 5.73 Å². The van der Waals surface area contributed by atoms with Crippen molar-refractivity contribution in [3.63, 3.8) is 0 Å². The van der Waals surface area contributed by atoms with Gasteiger partial charge in [-0.3, -0.25) is 10.2 Å². The van der Waals surface area contributed by atoms with Crippen molar-refractivity contribution >= 4 is 28.6 Å². The van der Waals surface area contributed by atoms with Crippen LogP contribution in [-0.4, -0.2) is 34.9 Å². The molecule has 1 aromatic heterocycles. The minimum atomic E-state index is -1.09. The minimum absolute atomic E-state index is 0.00999. The van der Waals surface area contributed by atoms with Crippen molar-refractivity contribution in [1.82, 2.24) is 10.3 Å². The van der Waals surface area contributed by atoms with Gasteiger partial charge in [0.25, 0.3) is 5.91 Å². The van der Waals surface area contributed by atoms with Gasteiger partial charge in [-0.15, -0.1) is 0 Å². The highest BCUT2D eigenvalue weighted by Crippen LogP contribution is 2.40. The normalized spacial score (nSPS) is 11.7. The summed E-state index contributed by atoms with van der Waals surface area (Å²) in [4.78, 5) is 29.0. The molecule has 1 atom stereocenters. The van der Waals surface area contributed by atoms with Gasteiger partial charge in [-0.1, -0.05) is 55.5 Å². The van der Waals surface area contributed by atoms with Crippen molar-refractivity contribution in [2.45, 2.75) is 25.8 Å². The predicted molar refractivity (Wildman–Crippen MR) is 164 cm³/mol. The Hall–Kier alpha value is -5.37. The SMILES string of the molecule is CCC(c1ccc(C(=O)NCc2ccccc2)cc1-c1ccc(OC)cc1C(=O)O)c1c[nH]c2cc(C(=N)N)ccc12. The second-order valence-electron chi connectivity index (χ2n) is 10.1. The fourth-order valence-corrected chi connectivity index (χ4v) is 5.39. The Morgan fingerprint density at radius 3 is 2.40 bits per heavy atom. The average molecular weight is 561 g/mol. The van der Waals surface area contributed by atoms with E-state index in [0.717, 1.165) is 27.6 Å². The Morgan fingerprint density at radius 1 is 0.952 bits per heavy atom. The first-order valence-corrected chi connectivity index (χ1v) is 13.6. The van der Waals surface area contributed by atoms with Crippen LogP contribution in [0.15, 0.2) is 91.1 Å². The number of rotatable bonds is 10. The van der Waals surface area contributed by atoms with Gasteiger partial charge in [-0.2, -0.15) is 0 Å². The summed E-state index contributed by atoms with van der Waals surface area (Å²) in [6.45, 7) is 2.44. The first-order chi connectivity index (χ1) is 20.3. The van der Waals surface area contributed by atoms with Gasteiger partial charge in [-0.05, 0) is 70.6 Å². The van der Waals surface area contributed by atoms with Gasteiger partial charge >= 0.3 is 5.97 Å². The number of ether oxygens (including phenoxy) is 1. The van der Waals surface area contributed by atoms with Crippen molar-refractivity contribution < 1.29 is 19.4 Å². The lowest BCUT2D eigenvalue weighted by Crippen LogP contribution is -2.23. The maximum atomic E-state index is 13.3. The number of carboxylic acids is 1. The smallest absolute Gasteiger partial charge is 0.336 e. The fourth-order valence-electron chi connectivity index (χ4n) is 5.39. The van der Waals surface area contributed by atoms with E-state index in [1.54, 1.807) is 24.3 Å². The Bertz CT molecular complexity index is 1790. The number of hydrogen-bond donors (Lipinski definition) is 5. The van der Waals surface area contributed by atoms with Crippen LogP contribution in [0.2, 0.25) is 0 Å². The Kier molecular flexibility index (Phi) is 8.06. The summed E-state index contributed by atoms with van der Waals surface area (Å²) in [6.07, 6.45) is 2.66. The molecule has 0 aliphatic rings. The number of fused-ring (bicyclic) bond motifs is 1. The Balaban J connectivity index is 1.63. The Labute approximate surface area is 243 Å². The molecule has 0 spiro atoms. The number of nitrogens with two attached hydrogens (primary N) is 1. The maximum Gasteiger partial charge on any atom is 0.336 e. The van der Waals surface area contributed by atoms with E-state index in [2.05, 4.69) is 17.2 Å². The van der Waals surface area contributed by atoms with E-state index in [4.69, 9.17) is 15.9 Å². The van der Waals surface area contributed by atoms with E-state index in [0.29, 0.717) is 41.0 Å². The van der Waals surface area contributed by atoms with Crippen LogP contribution >= 0.6 is 0 Å². The molecule has 0 bridgehead atoms. The van der Waals surface area contributed by atoms with E-state index >= 15 is 0 Å². The minimum Gasteiger partial charge on any atom is -0.497 e. The lowest BCUT2D eigenvalue weighted by molar-refractivity contribution is 0.0697. The third-order valence-corrected chi connectivity index (χ3v) is 7.54. The highest BCUT2D eigenvalue weighted by molar-refractivity contribution is 6.01. The molecule has 212 valence electrons. The molecule has 6 N–H and O–H groups in total. The summed E-state index contributed by atoms with van der Waals surface area (Å²) < 4.78 is 5.31. The van der Waals surface area contributed by atoms with Gasteiger partial charge in [0.1, 0.15) is 11.6 Å². The third kappa shape index (κ3) is 5.60. The van der Waals surface area contributed by atoms with Crippen LogP contribution in [0.4, 0.5) is 0 Å². The van der Waals surface area contributed by atoms with Crippen LogP contribution in [0.5, 0.6) is 5.75 Å². The number of carboxylic acid groups (broad SMARTS) is 1. The standard InChI is InChI=1S/C34H32N4O4/c1-3-24(30-19-37-31-16-21(32(35)36)9-13-27(30)31)25-12-10-22(33(39)38-18-20-7-5-4-6-8-20)15-28(25)26-14-11-23(42-2)17-29(26)34(40)41/h4-17,19,24,37H,3,18H2,1-2H3,(H3,35,36)(H,38,39)(H,40,41). The number of H-pyrrole nitrogens is 1. The van der Waals surface area contributed by atoms with Gasteiger partial charge in [0, 0.05) is 40.7 Å². The molecular formula is C34H32N4O4. The predicted octanol–water partition coefficient (Wildman–Crippen LogP) is 6.30. The molecule has 5 aromatic rings. The third-order valence-electron chi connectivity index (χ3n) is 7.54. The van der Waals surface area contributed by atoms with E-state index in [1.807, 2.05) is 60.8 Å². The number of carbonyl (C=O) groups excluding carboxylic acids is 1. The molecule has 0 radical (unpaired) electrons. The quantitative estimate of drug-likeness (QED) is 0.101. The van der Waals surface area contributed by atoms with Crippen LogP contribution in [0, 0.1) is 5.41 Å². The summed E-state index contributed by atoms with van der Waals surface area (Å²) in [5.74, 6) is -1.05. The van der Waals surface area contributed by atoms with E-state index < -0.39 is 5.97 Å². The lowest BCUT2D eigenvalue weighted by Gasteiger charge is -2.22. The summed E-state index contributed by atoms with van der Waals surface area (Å²) in [5, 5.41) is 21.9.